The summed E-state index contributed by atoms with van der Waals surface area (Å²) in [5, 5.41) is 3.55. The van der Waals surface area contributed by atoms with Gasteiger partial charge in [0.25, 0.3) is 0 Å². The van der Waals surface area contributed by atoms with Crippen LogP contribution < -0.4 is 5.32 Å². The average molecular weight is 231 g/mol. The molecule has 0 aliphatic heterocycles. The molecule has 0 saturated carbocycles. The summed E-state index contributed by atoms with van der Waals surface area (Å²) in [6.07, 6.45) is 6.80. The van der Waals surface area contributed by atoms with Crippen molar-refractivity contribution < 1.29 is 0 Å². The largest absolute Gasteiger partial charge is 0.316 e. The zero-order chi connectivity index (χ0) is 11.4. The fourth-order valence-electron chi connectivity index (χ4n) is 1.86. The Morgan fingerprint density at radius 3 is 2.47 bits per heavy atom. The van der Waals surface area contributed by atoms with Gasteiger partial charge in [-0.2, -0.15) is 11.8 Å². The molecular formula is C13H29NS. The number of hydrogen-bond donors (Lipinski definition) is 1. The molecule has 1 nitrogen and oxygen atoms in total. The van der Waals surface area contributed by atoms with E-state index in [1.807, 2.05) is 0 Å². The van der Waals surface area contributed by atoms with Crippen LogP contribution in [0.1, 0.15) is 52.9 Å². The lowest BCUT2D eigenvalue weighted by atomic mass is 9.98. The van der Waals surface area contributed by atoms with E-state index in [1.165, 1.54) is 56.7 Å². The monoisotopic (exact) mass is 231 g/mol. The van der Waals surface area contributed by atoms with E-state index in [0.29, 0.717) is 0 Å². The maximum Gasteiger partial charge on any atom is -0.00205 e. The van der Waals surface area contributed by atoms with Crippen molar-refractivity contribution in [3.8, 4) is 0 Å². The number of nitrogens with one attached hydrogen (secondary N) is 1. The first kappa shape index (κ1) is 15.3. The maximum atomic E-state index is 3.55. The van der Waals surface area contributed by atoms with Gasteiger partial charge in [-0.3, -0.25) is 0 Å². The van der Waals surface area contributed by atoms with Gasteiger partial charge in [-0.25, -0.2) is 0 Å². The van der Waals surface area contributed by atoms with Gasteiger partial charge < -0.3 is 5.32 Å². The van der Waals surface area contributed by atoms with Crippen molar-refractivity contribution in [1.82, 2.24) is 5.32 Å². The van der Waals surface area contributed by atoms with E-state index in [9.17, 15) is 0 Å². The molecule has 0 fully saturated rings. The highest BCUT2D eigenvalue weighted by Crippen LogP contribution is 2.15. The maximum absolute atomic E-state index is 3.55. The van der Waals surface area contributed by atoms with Gasteiger partial charge in [0.15, 0.2) is 0 Å². The third-order valence-corrected chi connectivity index (χ3v) is 3.65. The smallest absolute Gasteiger partial charge is 0.00205 e. The fourth-order valence-corrected chi connectivity index (χ4v) is 2.52. The molecule has 0 aromatic heterocycles. The Hall–Kier alpha value is 0.310. The van der Waals surface area contributed by atoms with Gasteiger partial charge in [-0.05, 0) is 56.2 Å². The molecule has 0 heterocycles. The highest BCUT2D eigenvalue weighted by molar-refractivity contribution is 7.99. The molecule has 2 heteroatoms. The molecule has 0 aromatic rings. The first-order chi connectivity index (χ1) is 7.35. The predicted molar refractivity (Wildman–Crippen MR) is 73.8 cm³/mol. The minimum absolute atomic E-state index is 0.916. The highest BCUT2D eigenvalue weighted by atomic mass is 32.2. The van der Waals surface area contributed by atoms with Crippen molar-refractivity contribution in [1.29, 1.82) is 0 Å². The van der Waals surface area contributed by atoms with Gasteiger partial charge in [0.05, 0.1) is 0 Å². The zero-order valence-electron chi connectivity index (χ0n) is 10.8. The molecule has 0 rings (SSSR count). The molecular weight excluding hydrogens is 202 g/mol. The van der Waals surface area contributed by atoms with Gasteiger partial charge in [-0.15, -0.1) is 0 Å². The minimum atomic E-state index is 0.916. The molecule has 0 spiro atoms. The number of thioether (sulfide) groups is 1. The lowest BCUT2D eigenvalue weighted by Gasteiger charge is -2.16. The summed E-state index contributed by atoms with van der Waals surface area (Å²) in [6, 6.07) is 0. The lowest BCUT2D eigenvalue weighted by molar-refractivity contribution is 0.412. The fraction of sp³-hybridized carbons (Fsp3) is 1.00. The van der Waals surface area contributed by atoms with Crippen molar-refractivity contribution in [3.63, 3.8) is 0 Å². The number of rotatable bonds is 11. The van der Waals surface area contributed by atoms with Gasteiger partial charge >= 0.3 is 0 Å². The Balaban J connectivity index is 3.44. The van der Waals surface area contributed by atoms with Crippen LogP contribution in [0.3, 0.4) is 0 Å². The van der Waals surface area contributed by atoms with Gasteiger partial charge in [0.2, 0.25) is 0 Å². The van der Waals surface area contributed by atoms with E-state index in [-0.39, 0.29) is 0 Å². The molecule has 15 heavy (non-hydrogen) atoms. The van der Waals surface area contributed by atoms with Crippen LogP contribution in [0.25, 0.3) is 0 Å². The van der Waals surface area contributed by atoms with Crippen molar-refractivity contribution in [2.24, 2.45) is 5.92 Å². The van der Waals surface area contributed by atoms with E-state index in [2.05, 4.69) is 37.8 Å². The van der Waals surface area contributed by atoms with Gasteiger partial charge in [0, 0.05) is 0 Å². The van der Waals surface area contributed by atoms with E-state index < -0.39 is 0 Å². The Morgan fingerprint density at radius 2 is 1.87 bits per heavy atom. The molecule has 0 amide bonds. The summed E-state index contributed by atoms with van der Waals surface area (Å²) in [4.78, 5) is 0. The van der Waals surface area contributed by atoms with Crippen molar-refractivity contribution in [2.45, 2.75) is 52.9 Å². The third kappa shape index (κ3) is 10.6. The summed E-state index contributed by atoms with van der Waals surface area (Å²) in [5.41, 5.74) is 0. The molecule has 0 aromatic carbocycles. The molecule has 0 aliphatic carbocycles. The third-order valence-electron chi connectivity index (χ3n) is 2.66. The second-order valence-electron chi connectivity index (χ2n) is 4.20. The highest BCUT2D eigenvalue weighted by Gasteiger charge is 2.06. The van der Waals surface area contributed by atoms with E-state index in [1.54, 1.807) is 0 Å². The van der Waals surface area contributed by atoms with Crippen LogP contribution in [0.15, 0.2) is 0 Å². The van der Waals surface area contributed by atoms with Crippen LogP contribution in [0.5, 0.6) is 0 Å². The van der Waals surface area contributed by atoms with E-state index in [0.717, 1.165) is 5.92 Å². The summed E-state index contributed by atoms with van der Waals surface area (Å²) in [6.45, 7) is 9.20. The van der Waals surface area contributed by atoms with Crippen LogP contribution in [0.4, 0.5) is 0 Å². The molecule has 0 radical (unpaired) electrons. The van der Waals surface area contributed by atoms with Crippen LogP contribution in [-0.4, -0.2) is 24.6 Å². The van der Waals surface area contributed by atoms with Gasteiger partial charge in [-0.1, -0.05) is 27.2 Å². The van der Waals surface area contributed by atoms with Crippen LogP contribution in [0.2, 0.25) is 0 Å². The lowest BCUT2D eigenvalue weighted by Crippen LogP contribution is -2.23. The molecule has 0 saturated heterocycles. The molecule has 1 atom stereocenters. The van der Waals surface area contributed by atoms with Crippen LogP contribution in [-0.2, 0) is 0 Å². The molecule has 0 bridgehead atoms. The number of hydrogen-bond acceptors (Lipinski definition) is 2. The Labute approximate surface area is 101 Å². The molecule has 92 valence electrons. The van der Waals surface area contributed by atoms with Crippen LogP contribution >= 0.6 is 11.8 Å². The SMILES string of the molecule is CCCNCC(CCC)CCCSCC. The van der Waals surface area contributed by atoms with E-state index in [4.69, 9.17) is 0 Å². The quantitative estimate of drug-likeness (QED) is 0.541. The summed E-state index contributed by atoms with van der Waals surface area (Å²) >= 11 is 2.08. The van der Waals surface area contributed by atoms with E-state index >= 15 is 0 Å². The second kappa shape index (κ2) is 12.4. The molecule has 1 unspecified atom stereocenters. The Morgan fingerprint density at radius 1 is 1.07 bits per heavy atom. The molecule has 0 aliphatic rings. The van der Waals surface area contributed by atoms with Gasteiger partial charge in [0.1, 0.15) is 0 Å². The van der Waals surface area contributed by atoms with Crippen molar-refractivity contribution in [3.05, 3.63) is 0 Å². The van der Waals surface area contributed by atoms with Crippen LogP contribution in [0, 0.1) is 5.92 Å². The summed E-state index contributed by atoms with van der Waals surface area (Å²) < 4.78 is 0. The standard InChI is InChI=1S/C13H29NS/c1-4-8-13(12-14-10-5-2)9-7-11-15-6-3/h13-14H,4-12H2,1-3H3. The predicted octanol–water partition coefficient (Wildman–Crippen LogP) is 3.94. The summed E-state index contributed by atoms with van der Waals surface area (Å²) in [5.74, 6) is 3.54. The van der Waals surface area contributed by atoms with Crippen molar-refractivity contribution >= 4 is 11.8 Å². The Kier molecular flexibility index (Phi) is 12.6. The minimum Gasteiger partial charge on any atom is -0.316 e. The average Bonchev–Trinajstić information content (AvgIpc) is 2.24. The first-order valence-corrected chi connectivity index (χ1v) is 7.79. The first-order valence-electron chi connectivity index (χ1n) is 6.63. The zero-order valence-corrected chi connectivity index (χ0v) is 11.7. The summed E-state index contributed by atoms with van der Waals surface area (Å²) in [7, 11) is 0. The second-order valence-corrected chi connectivity index (χ2v) is 5.59. The van der Waals surface area contributed by atoms with Crippen molar-refractivity contribution in [2.75, 3.05) is 24.6 Å². The normalized spacial score (nSPS) is 13.0. The molecule has 1 N–H and O–H groups in total. The Bertz CT molecular complexity index is 117. The topological polar surface area (TPSA) is 12.0 Å².